The molecular formula is C14H18N2O3. The Hall–Kier alpha value is -1.88. The van der Waals surface area contributed by atoms with Crippen LogP contribution in [0.15, 0.2) is 18.2 Å². The predicted octanol–water partition coefficient (Wildman–Crippen LogP) is 1.68. The Morgan fingerprint density at radius 3 is 2.74 bits per heavy atom. The lowest BCUT2D eigenvalue weighted by Crippen LogP contribution is -2.36. The normalized spacial score (nSPS) is 15.1. The van der Waals surface area contributed by atoms with Crippen molar-refractivity contribution in [3.8, 4) is 0 Å². The number of fused-ring (bicyclic) bond motifs is 1. The fourth-order valence-electron chi connectivity index (χ4n) is 2.39. The van der Waals surface area contributed by atoms with E-state index in [4.69, 9.17) is 4.74 Å². The molecule has 0 saturated heterocycles. The van der Waals surface area contributed by atoms with Crippen LogP contribution in [0.1, 0.15) is 24.2 Å². The molecule has 1 aromatic carbocycles. The van der Waals surface area contributed by atoms with Gasteiger partial charge in [0.25, 0.3) is 11.7 Å². The number of ketones is 1. The van der Waals surface area contributed by atoms with Crippen molar-refractivity contribution in [2.24, 2.45) is 0 Å². The van der Waals surface area contributed by atoms with Crippen LogP contribution in [0.3, 0.4) is 0 Å². The average molecular weight is 262 g/mol. The van der Waals surface area contributed by atoms with Crippen molar-refractivity contribution >= 4 is 23.1 Å². The van der Waals surface area contributed by atoms with Crippen molar-refractivity contribution in [3.05, 3.63) is 23.8 Å². The van der Waals surface area contributed by atoms with Crippen molar-refractivity contribution in [2.75, 3.05) is 30.5 Å². The first-order valence-corrected chi connectivity index (χ1v) is 6.33. The molecule has 5 heteroatoms. The van der Waals surface area contributed by atoms with Gasteiger partial charge in [0, 0.05) is 25.4 Å². The van der Waals surface area contributed by atoms with Gasteiger partial charge in [-0.05, 0) is 32.0 Å². The molecule has 1 heterocycles. The molecule has 1 atom stereocenters. The minimum absolute atomic E-state index is 0.223. The summed E-state index contributed by atoms with van der Waals surface area (Å²) in [5.41, 5.74) is 2.01. The van der Waals surface area contributed by atoms with Crippen LogP contribution in [-0.4, -0.2) is 38.0 Å². The third-order valence-electron chi connectivity index (χ3n) is 3.31. The van der Waals surface area contributed by atoms with E-state index in [-0.39, 0.29) is 6.04 Å². The monoisotopic (exact) mass is 262 g/mol. The summed E-state index contributed by atoms with van der Waals surface area (Å²) in [6, 6.07) is 5.63. The highest BCUT2D eigenvalue weighted by molar-refractivity contribution is 6.51. The molecule has 1 unspecified atom stereocenters. The fourth-order valence-corrected chi connectivity index (χ4v) is 2.39. The topological polar surface area (TPSA) is 58.6 Å². The van der Waals surface area contributed by atoms with Crippen LogP contribution in [0.5, 0.6) is 0 Å². The smallest absolute Gasteiger partial charge is 0.296 e. The number of methoxy groups -OCH3 is 1. The Balaban J connectivity index is 2.29. The number of hydrogen-bond donors (Lipinski definition) is 1. The van der Waals surface area contributed by atoms with Gasteiger partial charge in [-0.3, -0.25) is 9.59 Å². The van der Waals surface area contributed by atoms with Crippen molar-refractivity contribution in [1.82, 2.24) is 0 Å². The van der Waals surface area contributed by atoms with Gasteiger partial charge in [0.1, 0.15) is 0 Å². The van der Waals surface area contributed by atoms with Gasteiger partial charge in [-0.2, -0.15) is 0 Å². The standard InChI is InChI=1S/C14H18N2O3/c1-4-16(9(2)8-19-3)10-5-6-11-12(7-10)15-14(18)13(11)17/h5-7,9H,4,8H2,1-3H3,(H,15,17,18). The number of ether oxygens (including phenoxy) is 1. The average Bonchev–Trinajstić information content (AvgIpc) is 2.66. The van der Waals surface area contributed by atoms with Crippen LogP contribution in [0.25, 0.3) is 0 Å². The summed E-state index contributed by atoms with van der Waals surface area (Å²) in [5, 5.41) is 2.59. The third kappa shape index (κ3) is 2.46. The van der Waals surface area contributed by atoms with Crippen LogP contribution in [0, 0.1) is 0 Å². The number of rotatable bonds is 5. The Labute approximate surface area is 112 Å². The molecule has 0 spiro atoms. The summed E-state index contributed by atoms with van der Waals surface area (Å²) in [6.45, 7) is 5.58. The Morgan fingerprint density at radius 1 is 1.37 bits per heavy atom. The number of likely N-dealkylation sites (N-methyl/N-ethyl adjacent to an activating group) is 1. The van der Waals surface area contributed by atoms with Gasteiger partial charge in [-0.1, -0.05) is 0 Å². The second-order valence-corrected chi connectivity index (χ2v) is 4.60. The molecule has 102 valence electrons. The maximum atomic E-state index is 11.5. The second kappa shape index (κ2) is 5.40. The lowest BCUT2D eigenvalue weighted by atomic mass is 10.1. The molecule has 0 aliphatic carbocycles. The zero-order valence-electron chi connectivity index (χ0n) is 11.4. The summed E-state index contributed by atoms with van der Waals surface area (Å²) in [6.07, 6.45) is 0. The van der Waals surface area contributed by atoms with Crippen molar-refractivity contribution < 1.29 is 14.3 Å². The first-order chi connectivity index (χ1) is 9.08. The van der Waals surface area contributed by atoms with Gasteiger partial charge in [0.15, 0.2) is 0 Å². The maximum absolute atomic E-state index is 11.5. The van der Waals surface area contributed by atoms with E-state index in [9.17, 15) is 9.59 Å². The third-order valence-corrected chi connectivity index (χ3v) is 3.31. The molecule has 19 heavy (non-hydrogen) atoms. The van der Waals surface area contributed by atoms with Crippen LogP contribution >= 0.6 is 0 Å². The first-order valence-electron chi connectivity index (χ1n) is 6.33. The van der Waals surface area contributed by atoms with Crippen molar-refractivity contribution in [3.63, 3.8) is 0 Å². The summed E-state index contributed by atoms with van der Waals surface area (Å²) < 4.78 is 5.17. The van der Waals surface area contributed by atoms with E-state index in [1.54, 1.807) is 13.2 Å². The van der Waals surface area contributed by atoms with Gasteiger partial charge in [-0.15, -0.1) is 0 Å². The first kappa shape index (κ1) is 13.5. The number of anilines is 2. The molecule has 1 aliphatic heterocycles. The maximum Gasteiger partial charge on any atom is 0.296 e. The summed E-state index contributed by atoms with van der Waals surface area (Å²) in [5.74, 6) is -1.02. The van der Waals surface area contributed by atoms with Gasteiger partial charge in [0.05, 0.1) is 17.9 Å². The van der Waals surface area contributed by atoms with Crippen LogP contribution in [0.4, 0.5) is 11.4 Å². The highest BCUT2D eigenvalue weighted by Gasteiger charge is 2.28. The summed E-state index contributed by atoms with van der Waals surface area (Å²) in [7, 11) is 1.67. The van der Waals surface area contributed by atoms with Gasteiger partial charge in [0.2, 0.25) is 0 Å². The van der Waals surface area contributed by atoms with Crippen LogP contribution in [0.2, 0.25) is 0 Å². The Morgan fingerprint density at radius 2 is 2.11 bits per heavy atom. The summed E-state index contributed by atoms with van der Waals surface area (Å²) >= 11 is 0. The van der Waals surface area contributed by atoms with Crippen molar-refractivity contribution in [1.29, 1.82) is 0 Å². The van der Waals surface area contributed by atoms with E-state index < -0.39 is 11.7 Å². The van der Waals surface area contributed by atoms with E-state index in [0.717, 1.165) is 12.2 Å². The van der Waals surface area contributed by atoms with E-state index in [1.165, 1.54) is 0 Å². The number of Topliss-reactive ketones (excluding diaryl/α,β-unsaturated/α-hetero) is 1. The number of carbonyl (C=O) groups is 2. The molecule has 0 fully saturated rings. The number of hydrogen-bond acceptors (Lipinski definition) is 4. The quantitative estimate of drug-likeness (QED) is 0.820. The predicted molar refractivity (Wildman–Crippen MR) is 73.8 cm³/mol. The number of nitrogens with one attached hydrogen (secondary N) is 1. The number of carbonyl (C=O) groups excluding carboxylic acids is 2. The summed E-state index contributed by atoms with van der Waals surface area (Å²) in [4.78, 5) is 25.0. The molecule has 1 amide bonds. The number of nitrogens with zero attached hydrogens (tertiary/aromatic N) is 1. The molecule has 0 aromatic heterocycles. The molecule has 0 radical (unpaired) electrons. The van der Waals surface area contributed by atoms with Gasteiger partial charge >= 0.3 is 0 Å². The van der Waals surface area contributed by atoms with E-state index in [0.29, 0.717) is 17.9 Å². The zero-order chi connectivity index (χ0) is 14.0. The second-order valence-electron chi connectivity index (χ2n) is 4.60. The fraction of sp³-hybridized carbons (Fsp3) is 0.429. The Bertz CT molecular complexity index is 513. The molecule has 1 N–H and O–H groups in total. The van der Waals surface area contributed by atoms with Crippen LogP contribution < -0.4 is 10.2 Å². The highest BCUT2D eigenvalue weighted by Crippen LogP contribution is 2.29. The highest BCUT2D eigenvalue weighted by atomic mass is 16.5. The lowest BCUT2D eigenvalue weighted by molar-refractivity contribution is -0.112. The van der Waals surface area contributed by atoms with Gasteiger partial charge < -0.3 is 15.0 Å². The van der Waals surface area contributed by atoms with E-state index in [1.807, 2.05) is 12.1 Å². The lowest BCUT2D eigenvalue weighted by Gasteiger charge is -2.30. The molecule has 0 bridgehead atoms. The SMILES string of the molecule is CCN(c1ccc2c(c1)NC(=O)C2=O)C(C)COC. The molecule has 1 aromatic rings. The molecular weight excluding hydrogens is 244 g/mol. The minimum atomic E-state index is -0.555. The molecule has 5 nitrogen and oxygen atoms in total. The molecule has 0 saturated carbocycles. The van der Waals surface area contributed by atoms with E-state index >= 15 is 0 Å². The van der Waals surface area contributed by atoms with E-state index in [2.05, 4.69) is 24.1 Å². The van der Waals surface area contributed by atoms with Crippen molar-refractivity contribution in [2.45, 2.75) is 19.9 Å². The molecule has 2 rings (SSSR count). The number of benzene rings is 1. The number of amides is 1. The zero-order valence-corrected chi connectivity index (χ0v) is 11.4. The molecule has 1 aliphatic rings. The minimum Gasteiger partial charge on any atom is -0.383 e. The largest absolute Gasteiger partial charge is 0.383 e. The van der Waals surface area contributed by atoms with Crippen LogP contribution in [-0.2, 0) is 9.53 Å². The van der Waals surface area contributed by atoms with Gasteiger partial charge in [-0.25, -0.2) is 0 Å². The Kier molecular flexibility index (Phi) is 3.85.